The van der Waals surface area contributed by atoms with E-state index in [0.717, 1.165) is 24.9 Å². The van der Waals surface area contributed by atoms with Gasteiger partial charge in [-0.05, 0) is 31.0 Å². The van der Waals surface area contributed by atoms with Crippen LogP contribution in [0.5, 0.6) is 0 Å². The van der Waals surface area contributed by atoms with Crippen LogP contribution in [-0.2, 0) is 9.63 Å². The quantitative estimate of drug-likeness (QED) is 0.673. The molecule has 1 unspecified atom stereocenters. The number of oxime groups is 1. The SMILES string of the molecule is CCCCCCN(C)C(=O)CC1CC(c2ccc(C)cc2F)=NO1. The van der Waals surface area contributed by atoms with Crippen molar-refractivity contribution in [3.8, 4) is 0 Å². The summed E-state index contributed by atoms with van der Waals surface area (Å²) in [6.07, 6.45) is 5.01. The molecule has 1 heterocycles. The van der Waals surface area contributed by atoms with Crippen molar-refractivity contribution in [2.45, 2.75) is 58.5 Å². The fourth-order valence-electron chi connectivity index (χ4n) is 2.80. The summed E-state index contributed by atoms with van der Waals surface area (Å²) >= 11 is 0. The van der Waals surface area contributed by atoms with Crippen LogP contribution in [-0.4, -0.2) is 36.2 Å². The molecule has 1 atom stereocenters. The maximum atomic E-state index is 14.0. The third-order valence-corrected chi connectivity index (χ3v) is 4.34. The summed E-state index contributed by atoms with van der Waals surface area (Å²) in [5, 5.41) is 3.98. The summed E-state index contributed by atoms with van der Waals surface area (Å²) in [6, 6.07) is 5.06. The van der Waals surface area contributed by atoms with Crippen LogP contribution in [0.4, 0.5) is 4.39 Å². The van der Waals surface area contributed by atoms with Crippen LogP contribution >= 0.6 is 0 Å². The molecule has 0 saturated carbocycles. The Morgan fingerprint density at radius 3 is 2.88 bits per heavy atom. The van der Waals surface area contributed by atoms with Crippen LogP contribution in [0.1, 0.15) is 56.6 Å². The van der Waals surface area contributed by atoms with E-state index in [4.69, 9.17) is 4.84 Å². The normalized spacial score (nSPS) is 16.7. The van der Waals surface area contributed by atoms with E-state index in [-0.39, 0.29) is 24.2 Å². The molecule has 0 aliphatic carbocycles. The van der Waals surface area contributed by atoms with Gasteiger partial charge in [0.05, 0.1) is 12.1 Å². The molecule has 0 fully saturated rings. The number of aryl methyl sites for hydroxylation is 1. The van der Waals surface area contributed by atoms with Gasteiger partial charge in [0.15, 0.2) is 0 Å². The number of carbonyl (C=O) groups excluding carboxylic acids is 1. The summed E-state index contributed by atoms with van der Waals surface area (Å²) in [5.41, 5.74) is 1.91. The monoisotopic (exact) mass is 334 g/mol. The predicted molar refractivity (Wildman–Crippen MR) is 93.6 cm³/mol. The maximum absolute atomic E-state index is 14.0. The number of halogens is 1. The first kappa shape index (κ1) is 18.4. The van der Waals surface area contributed by atoms with Gasteiger partial charge in [0.2, 0.25) is 5.91 Å². The Bertz CT molecular complexity index is 601. The number of unbranched alkanes of at least 4 members (excludes halogenated alkanes) is 3. The number of benzene rings is 1. The number of nitrogens with zero attached hydrogens (tertiary/aromatic N) is 2. The highest BCUT2D eigenvalue weighted by Gasteiger charge is 2.27. The van der Waals surface area contributed by atoms with Gasteiger partial charge in [0.1, 0.15) is 11.9 Å². The molecule has 0 N–H and O–H groups in total. The number of carbonyl (C=O) groups is 1. The lowest BCUT2D eigenvalue weighted by Gasteiger charge is -2.18. The van der Waals surface area contributed by atoms with Crippen molar-refractivity contribution < 1.29 is 14.0 Å². The van der Waals surface area contributed by atoms with E-state index in [1.165, 1.54) is 18.9 Å². The highest BCUT2D eigenvalue weighted by Crippen LogP contribution is 2.22. The van der Waals surface area contributed by atoms with Crippen LogP contribution < -0.4 is 0 Å². The zero-order valence-electron chi connectivity index (χ0n) is 14.8. The Morgan fingerprint density at radius 1 is 1.38 bits per heavy atom. The van der Waals surface area contributed by atoms with Crippen molar-refractivity contribution in [2.75, 3.05) is 13.6 Å². The van der Waals surface area contributed by atoms with Crippen LogP contribution in [0, 0.1) is 12.7 Å². The van der Waals surface area contributed by atoms with Crippen molar-refractivity contribution in [2.24, 2.45) is 5.16 Å². The van der Waals surface area contributed by atoms with E-state index in [2.05, 4.69) is 12.1 Å². The molecular formula is C19H27FN2O2. The fraction of sp³-hybridized carbons (Fsp3) is 0.579. The molecule has 1 aromatic carbocycles. The van der Waals surface area contributed by atoms with E-state index in [0.29, 0.717) is 17.7 Å². The molecule has 4 nitrogen and oxygen atoms in total. The van der Waals surface area contributed by atoms with Crippen LogP contribution in [0.2, 0.25) is 0 Å². The second kappa shape index (κ2) is 8.81. The van der Waals surface area contributed by atoms with Crippen molar-refractivity contribution >= 4 is 11.6 Å². The Kier molecular flexibility index (Phi) is 6.76. The molecule has 2 rings (SSSR count). The number of amides is 1. The van der Waals surface area contributed by atoms with E-state index < -0.39 is 0 Å². The zero-order valence-corrected chi connectivity index (χ0v) is 14.8. The zero-order chi connectivity index (χ0) is 17.5. The molecule has 0 spiro atoms. The molecule has 0 saturated heterocycles. The maximum Gasteiger partial charge on any atom is 0.226 e. The Labute approximate surface area is 143 Å². The number of hydrogen-bond acceptors (Lipinski definition) is 3. The van der Waals surface area contributed by atoms with E-state index in [1.54, 1.807) is 11.0 Å². The molecule has 24 heavy (non-hydrogen) atoms. The fourth-order valence-corrected chi connectivity index (χ4v) is 2.80. The van der Waals surface area contributed by atoms with Gasteiger partial charge in [-0.15, -0.1) is 0 Å². The van der Waals surface area contributed by atoms with E-state index in [9.17, 15) is 9.18 Å². The lowest BCUT2D eigenvalue weighted by atomic mass is 10.0. The van der Waals surface area contributed by atoms with Gasteiger partial charge in [0, 0.05) is 25.6 Å². The highest BCUT2D eigenvalue weighted by atomic mass is 19.1. The smallest absolute Gasteiger partial charge is 0.226 e. The first-order chi connectivity index (χ1) is 11.5. The second-order valence-corrected chi connectivity index (χ2v) is 6.53. The molecule has 1 aromatic rings. The van der Waals surface area contributed by atoms with Gasteiger partial charge in [-0.1, -0.05) is 37.4 Å². The van der Waals surface area contributed by atoms with Gasteiger partial charge in [-0.25, -0.2) is 4.39 Å². The molecule has 1 amide bonds. The summed E-state index contributed by atoms with van der Waals surface area (Å²) in [5.74, 6) is -0.241. The lowest BCUT2D eigenvalue weighted by molar-refractivity contribution is -0.132. The van der Waals surface area contributed by atoms with Crippen molar-refractivity contribution in [3.63, 3.8) is 0 Å². The van der Waals surface area contributed by atoms with Crippen LogP contribution in [0.3, 0.4) is 0 Å². The Morgan fingerprint density at radius 2 is 2.17 bits per heavy atom. The summed E-state index contributed by atoms with van der Waals surface area (Å²) in [7, 11) is 1.82. The molecule has 1 aliphatic rings. The molecule has 1 aliphatic heterocycles. The van der Waals surface area contributed by atoms with E-state index in [1.807, 2.05) is 20.0 Å². The van der Waals surface area contributed by atoms with Gasteiger partial charge in [-0.3, -0.25) is 4.79 Å². The third-order valence-electron chi connectivity index (χ3n) is 4.34. The lowest BCUT2D eigenvalue weighted by Crippen LogP contribution is -2.31. The summed E-state index contributed by atoms with van der Waals surface area (Å²) in [4.78, 5) is 19.3. The highest BCUT2D eigenvalue weighted by molar-refractivity contribution is 6.01. The minimum atomic E-state index is -0.300. The van der Waals surface area contributed by atoms with Gasteiger partial charge >= 0.3 is 0 Å². The topological polar surface area (TPSA) is 41.9 Å². The first-order valence-electron chi connectivity index (χ1n) is 8.74. The average molecular weight is 334 g/mol. The average Bonchev–Trinajstić information content (AvgIpc) is 2.99. The first-order valence-corrected chi connectivity index (χ1v) is 8.74. The Balaban J connectivity index is 1.81. The van der Waals surface area contributed by atoms with Gasteiger partial charge < -0.3 is 9.74 Å². The Hall–Kier alpha value is -1.91. The number of hydrogen-bond donors (Lipinski definition) is 0. The predicted octanol–water partition coefficient (Wildman–Crippen LogP) is 4.06. The molecule has 5 heteroatoms. The van der Waals surface area contributed by atoms with Gasteiger partial charge in [0.25, 0.3) is 0 Å². The number of rotatable bonds is 8. The van der Waals surface area contributed by atoms with Crippen molar-refractivity contribution in [1.29, 1.82) is 0 Å². The van der Waals surface area contributed by atoms with Gasteiger partial charge in [-0.2, -0.15) is 0 Å². The van der Waals surface area contributed by atoms with Crippen molar-refractivity contribution in [3.05, 3.63) is 35.1 Å². The third kappa shape index (κ3) is 5.05. The van der Waals surface area contributed by atoms with Crippen LogP contribution in [0.15, 0.2) is 23.4 Å². The summed E-state index contributed by atoms with van der Waals surface area (Å²) in [6.45, 7) is 4.78. The second-order valence-electron chi connectivity index (χ2n) is 6.53. The standard InChI is InChI=1S/C19H27FN2O2/c1-4-5-6-7-10-22(3)19(23)13-15-12-18(21-24-15)16-9-8-14(2)11-17(16)20/h8-9,11,15H,4-7,10,12-13H2,1-3H3. The molecule has 132 valence electrons. The van der Waals surface area contributed by atoms with Crippen molar-refractivity contribution in [1.82, 2.24) is 4.90 Å². The molecule has 0 radical (unpaired) electrons. The van der Waals surface area contributed by atoms with E-state index >= 15 is 0 Å². The molecule has 0 aromatic heterocycles. The molecular weight excluding hydrogens is 307 g/mol. The minimum absolute atomic E-state index is 0.0531. The minimum Gasteiger partial charge on any atom is -0.391 e. The summed E-state index contributed by atoms with van der Waals surface area (Å²) < 4.78 is 14.0. The van der Waals surface area contributed by atoms with Crippen LogP contribution in [0.25, 0.3) is 0 Å². The molecule has 0 bridgehead atoms. The largest absolute Gasteiger partial charge is 0.391 e.